The molecule has 1 atom stereocenters. The van der Waals surface area contributed by atoms with Gasteiger partial charge in [0.05, 0.1) is 0 Å². The standard InChI is InChI=1S/C16H15BrO2/c1-11-8-9-14(17)10-15(11)19-12(2)16(18)13-6-4-3-5-7-13/h3-10,12H,1-2H3. The highest BCUT2D eigenvalue weighted by molar-refractivity contribution is 9.10. The molecule has 0 bridgehead atoms. The van der Waals surface area contributed by atoms with E-state index in [1.807, 2.05) is 43.3 Å². The molecule has 2 aromatic rings. The maximum absolute atomic E-state index is 12.2. The molecule has 0 aliphatic heterocycles. The van der Waals surface area contributed by atoms with E-state index >= 15 is 0 Å². The number of carbonyl (C=O) groups excluding carboxylic acids is 1. The maximum Gasteiger partial charge on any atom is 0.202 e. The molecular formula is C16H15BrO2. The van der Waals surface area contributed by atoms with Gasteiger partial charge in [-0.25, -0.2) is 0 Å². The lowest BCUT2D eigenvalue weighted by atomic mass is 10.1. The van der Waals surface area contributed by atoms with E-state index in [4.69, 9.17) is 4.74 Å². The van der Waals surface area contributed by atoms with E-state index in [-0.39, 0.29) is 5.78 Å². The lowest BCUT2D eigenvalue weighted by Crippen LogP contribution is -2.24. The molecule has 0 aromatic heterocycles. The lowest BCUT2D eigenvalue weighted by Gasteiger charge is -2.15. The second-order valence-corrected chi connectivity index (χ2v) is 5.32. The minimum atomic E-state index is -0.504. The Labute approximate surface area is 121 Å². The average molecular weight is 319 g/mol. The zero-order valence-electron chi connectivity index (χ0n) is 10.9. The minimum Gasteiger partial charge on any atom is -0.482 e. The van der Waals surface area contributed by atoms with Gasteiger partial charge in [0.25, 0.3) is 0 Å². The fourth-order valence-electron chi connectivity index (χ4n) is 1.78. The molecule has 2 rings (SSSR count). The summed E-state index contributed by atoms with van der Waals surface area (Å²) in [4.78, 5) is 12.2. The Balaban J connectivity index is 2.15. The molecule has 2 nitrogen and oxygen atoms in total. The van der Waals surface area contributed by atoms with E-state index in [1.54, 1.807) is 19.1 Å². The molecule has 0 N–H and O–H groups in total. The van der Waals surface area contributed by atoms with E-state index in [0.717, 1.165) is 15.8 Å². The molecule has 0 aliphatic carbocycles. The highest BCUT2D eigenvalue weighted by Crippen LogP contribution is 2.24. The number of benzene rings is 2. The largest absolute Gasteiger partial charge is 0.482 e. The number of aryl methyl sites for hydroxylation is 1. The first-order valence-electron chi connectivity index (χ1n) is 6.10. The van der Waals surface area contributed by atoms with Crippen LogP contribution in [-0.2, 0) is 0 Å². The first kappa shape index (κ1) is 13.8. The molecule has 2 aromatic carbocycles. The number of carbonyl (C=O) groups is 1. The number of hydrogen-bond acceptors (Lipinski definition) is 2. The summed E-state index contributed by atoms with van der Waals surface area (Å²) in [6.07, 6.45) is -0.504. The van der Waals surface area contributed by atoms with Gasteiger partial charge in [-0.2, -0.15) is 0 Å². The Morgan fingerprint density at radius 3 is 2.53 bits per heavy atom. The van der Waals surface area contributed by atoms with Crippen LogP contribution in [0.5, 0.6) is 5.75 Å². The molecule has 0 heterocycles. The van der Waals surface area contributed by atoms with Crippen molar-refractivity contribution in [3.8, 4) is 5.75 Å². The van der Waals surface area contributed by atoms with E-state index in [2.05, 4.69) is 15.9 Å². The number of ether oxygens (including phenoxy) is 1. The van der Waals surface area contributed by atoms with Crippen molar-refractivity contribution in [3.05, 3.63) is 64.1 Å². The lowest BCUT2D eigenvalue weighted by molar-refractivity contribution is 0.0817. The van der Waals surface area contributed by atoms with Gasteiger partial charge in [-0.1, -0.05) is 52.3 Å². The minimum absolute atomic E-state index is 0.0139. The van der Waals surface area contributed by atoms with E-state index < -0.39 is 6.10 Å². The molecule has 0 spiro atoms. The van der Waals surface area contributed by atoms with E-state index in [1.165, 1.54) is 0 Å². The third kappa shape index (κ3) is 3.44. The van der Waals surface area contributed by atoms with Crippen LogP contribution in [0.2, 0.25) is 0 Å². The van der Waals surface area contributed by atoms with Crippen molar-refractivity contribution >= 4 is 21.7 Å². The molecule has 0 amide bonds. The van der Waals surface area contributed by atoms with Crippen LogP contribution in [0.3, 0.4) is 0 Å². The zero-order valence-corrected chi connectivity index (χ0v) is 12.5. The summed E-state index contributed by atoms with van der Waals surface area (Å²) in [5.41, 5.74) is 1.68. The molecule has 1 unspecified atom stereocenters. The number of rotatable bonds is 4. The molecule has 98 valence electrons. The Kier molecular flexibility index (Phi) is 4.38. The summed E-state index contributed by atoms with van der Waals surface area (Å²) in [6, 6.07) is 15.0. The molecule has 0 fully saturated rings. The molecule has 0 saturated heterocycles. The predicted octanol–water partition coefficient (Wildman–Crippen LogP) is 4.41. The maximum atomic E-state index is 12.2. The molecule has 0 aliphatic rings. The van der Waals surface area contributed by atoms with Gasteiger partial charge in [0.15, 0.2) is 6.10 Å². The highest BCUT2D eigenvalue weighted by atomic mass is 79.9. The van der Waals surface area contributed by atoms with Crippen LogP contribution in [0.25, 0.3) is 0 Å². The van der Waals surface area contributed by atoms with Crippen LogP contribution in [-0.4, -0.2) is 11.9 Å². The van der Waals surface area contributed by atoms with Crippen molar-refractivity contribution in [2.75, 3.05) is 0 Å². The van der Waals surface area contributed by atoms with E-state index in [9.17, 15) is 4.79 Å². The molecular weight excluding hydrogens is 304 g/mol. The smallest absolute Gasteiger partial charge is 0.202 e. The summed E-state index contributed by atoms with van der Waals surface area (Å²) in [5.74, 6) is 0.714. The topological polar surface area (TPSA) is 26.3 Å². The van der Waals surface area contributed by atoms with Gasteiger partial charge in [0.1, 0.15) is 5.75 Å². The summed E-state index contributed by atoms with van der Waals surface area (Å²) in [5, 5.41) is 0. The summed E-state index contributed by atoms with van der Waals surface area (Å²) in [6.45, 7) is 3.73. The second-order valence-electron chi connectivity index (χ2n) is 4.40. The number of ketones is 1. The van der Waals surface area contributed by atoms with Crippen molar-refractivity contribution in [3.63, 3.8) is 0 Å². The average Bonchev–Trinajstić information content (AvgIpc) is 2.43. The Morgan fingerprint density at radius 1 is 1.16 bits per heavy atom. The van der Waals surface area contributed by atoms with Crippen molar-refractivity contribution in [2.45, 2.75) is 20.0 Å². The molecule has 19 heavy (non-hydrogen) atoms. The van der Waals surface area contributed by atoms with Gasteiger partial charge < -0.3 is 4.74 Å². The summed E-state index contributed by atoms with van der Waals surface area (Å²) < 4.78 is 6.70. The Morgan fingerprint density at radius 2 is 1.84 bits per heavy atom. The second kappa shape index (κ2) is 6.02. The molecule has 0 saturated carbocycles. The fraction of sp³-hybridized carbons (Fsp3) is 0.188. The van der Waals surface area contributed by atoms with Crippen molar-refractivity contribution < 1.29 is 9.53 Å². The quantitative estimate of drug-likeness (QED) is 0.781. The fourth-order valence-corrected chi connectivity index (χ4v) is 2.12. The van der Waals surface area contributed by atoms with Crippen molar-refractivity contribution in [1.29, 1.82) is 0 Å². The van der Waals surface area contributed by atoms with Crippen LogP contribution in [0.4, 0.5) is 0 Å². The van der Waals surface area contributed by atoms with Crippen LogP contribution >= 0.6 is 15.9 Å². The van der Waals surface area contributed by atoms with Crippen molar-refractivity contribution in [1.82, 2.24) is 0 Å². The Bertz CT molecular complexity index is 579. The number of Topliss-reactive ketones (excluding diaryl/α,β-unsaturated/α-hetero) is 1. The zero-order chi connectivity index (χ0) is 13.8. The van der Waals surface area contributed by atoms with Crippen LogP contribution in [0, 0.1) is 6.92 Å². The van der Waals surface area contributed by atoms with Gasteiger partial charge in [-0.15, -0.1) is 0 Å². The van der Waals surface area contributed by atoms with Gasteiger partial charge in [-0.05, 0) is 31.5 Å². The monoisotopic (exact) mass is 318 g/mol. The van der Waals surface area contributed by atoms with Crippen LogP contribution in [0.1, 0.15) is 22.8 Å². The van der Waals surface area contributed by atoms with Gasteiger partial charge in [0, 0.05) is 10.0 Å². The molecule has 3 heteroatoms. The SMILES string of the molecule is Cc1ccc(Br)cc1OC(C)C(=O)c1ccccc1. The molecule has 0 radical (unpaired) electrons. The summed E-state index contributed by atoms with van der Waals surface area (Å²) in [7, 11) is 0. The first-order chi connectivity index (χ1) is 9.08. The van der Waals surface area contributed by atoms with Crippen LogP contribution in [0.15, 0.2) is 53.0 Å². The van der Waals surface area contributed by atoms with E-state index in [0.29, 0.717) is 5.56 Å². The highest BCUT2D eigenvalue weighted by Gasteiger charge is 2.17. The van der Waals surface area contributed by atoms with Crippen molar-refractivity contribution in [2.24, 2.45) is 0 Å². The third-order valence-corrected chi connectivity index (χ3v) is 3.37. The van der Waals surface area contributed by atoms with Crippen LogP contribution < -0.4 is 4.74 Å². The van der Waals surface area contributed by atoms with Gasteiger partial charge >= 0.3 is 0 Å². The Hall–Kier alpha value is -1.61. The first-order valence-corrected chi connectivity index (χ1v) is 6.89. The predicted molar refractivity (Wildman–Crippen MR) is 79.7 cm³/mol. The third-order valence-electron chi connectivity index (χ3n) is 2.88. The number of hydrogen-bond donors (Lipinski definition) is 0. The van der Waals surface area contributed by atoms with Gasteiger partial charge in [-0.3, -0.25) is 4.79 Å². The summed E-state index contributed by atoms with van der Waals surface area (Å²) >= 11 is 3.40. The normalized spacial score (nSPS) is 11.9. The number of halogens is 1. The van der Waals surface area contributed by atoms with Gasteiger partial charge in [0.2, 0.25) is 5.78 Å².